The summed E-state index contributed by atoms with van der Waals surface area (Å²) in [6, 6.07) is 9.15. The molecular formula is C12H15NO. The highest BCUT2D eigenvalue weighted by Gasteiger charge is 2.44. The summed E-state index contributed by atoms with van der Waals surface area (Å²) in [7, 11) is 0. The maximum atomic E-state index is 5.98. The molecule has 0 bridgehead atoms. The van der Waals surface area contributed by atoms with E-state index in [1.807, 2.05) is 0 Å². The monoisotopic (exact) mass is 189 g/mol. The summed E-state index contributed by atoms with van der Waals surface area (Å²) in [6.07, 6.45) is 1.10. The van der Waals surface area contributed by atoms with Crippen molar-refractivity contribution in [3.8, 4) is 0 Å². The van der Waals surface area contributed by atoms with E-state index < -0.39 is 0 Å². The van der Waals surface area contributed by atoms with E-state index in [4.69, 9.17) is 4.74 Å². The number of hydrogen-bond acceptors (Lipinski definition) is 2. The third-order valence-electron chi connectivity index (χ3n) is 3.38. The van der Waals surface area contributed by atoms with Gasteiger partial charge in [0.05, 0.1) is 6.61 Å². The van der Waals surface area contributed by atoms with Gasteiger partial charge in [0.1, 0.15) is 5.60 Å². The molecule has 2 atom stereocenters. The second-order valence-corrected chi connectivity index (χ2v) is 4.43. The van der Waals surface area contributed by atoms with Gasteiger partial charge < -0.3 is 10.1 Å². The van der Waals surface area contributed by atoms with Gasteiger partial charge in [0.2, 0.25) is 0 Å². The van der Waals surface area contributed by atoms with Crippen LogP contribution in [0.5, 0.6) is 0 Å². The summed E-state index contributed by atoms with van der Waals surface area (Å²) in [4.78, 5) is 0. The Balaban J connectivity index is 2.05. The van der Waals surface area contributed by atoms with Gasteiger partial charge in [-0.15, -0.1) is 0 Å². The molecule has 3 rings (SSSR count). The number of fused-ring (bicyclic) bond motifs is 2. The Labute approximate surface area is 84.3 Å². The lowest BCUT2D eigenvalue weighted by molar-refractivity contribution is -0.0234. The summed E-state index contributed by atoms with van der Waals surface area (Å²) < 4.78 is 5.98. The highest BCUT2D eigenvalue weighted by molar-refractivity contribution is 5.36. The van der Waals surface area contributed by atoms with Gasteiger partial charge in [0.25, 0.3) is 0 Å². The molecule has 1 saturated heterocycles. The van der Waals surface area contributed by atoms with Crippen molar-refractivity contribution in [2.75, 3.05) is 6.54 Å². The van der Waals surface area contributed by atoms with Crippen LogP contribution in [0.1, 0.15) is 24.5 Å². The quantitative estimate of drug-likeness (QED) is 0.672. The third kappa shape index (κ3) is 1.04. The van der Waals surface area contributed by atoms with Crippen LogP contribution in [-0.4, -0.2) is 12.6 Å². The maximum Gasteiger partial charge on any atom is 0.108 e. The zero-order valence-electron chi connectivity index (χ0n) is 8.42. The summed E-state index contributed by atoms with van der Waals surface area (Å²) in [6.45, 7) is 3.97. The van der Waals surface area contributed by atoms with E-state index in [2.05, 4.69) is 36.5 Å². The van der Waals surface area contributed by atoms with Crippen molar-refractivity contribution in [3.63, 3.8) is 0 Å². The van der Waals surface area contributed by atoms with Crippen molar-refractivity contribution in [2.45, 2.75) is 31.6 Å². The van der Waals surface area contributed by atoms with Crippen LogP contribution in [0.2, 0.25) is 0 Å². The number of hydrogen-bond donors (Lipinski definition) is 1. The molecule has 1 spiro atoms. The molecule has 2 aliphatic heterocycles. The molecule has 1 unspecified atom stereocenters. The Hall–Kier alpha value is -0.860. The van der Waals surface area contributed by atoms with Crippen molar-refractivity contribution in [2.24, 2.45) is 0 Å². The van der Waals surface area contributed by atoms with E-state index in [0.717, 1.165) is 19.6 Å². The Kier molecular flexibility index (Phi) is 1.70. The molecule has 0 amide bonds. The lowest BCUT2D eigenvalue weighted by Gasteiger charge is -2.22. The Morgan fingerprint density at radius 3 is 3.07 bits per heavy atom. The van der Waals surface area contributed by atoms with Gasteiger partial charge in [-0.2, -0.15) is 0 Å². The van der Waals surface area contributed by atoms with Gasteiger partial charge in [0.15, 0.2) is 0 Å². The zero-order chi connectivity index (χ0) is 9.60. The highest BCUT2D eigenvalue weighted by Crippen LogP contribution is 2.42. The molecule has 1 fully saturated rings. The zero-order valence-corrected chi connectivity index (χ0v) is 8.42. The van der Waals surface area contributed by atoms with Gasteiger partial charge in [-0.3, -0.25) is 0 Å². The largest absolute Gasteiger partial charge is 0.364 e. The van der Waals surface area contributed by atoms with Crippen molar-refractivity contribution in [1.82, 2.24) is 5.32 Å². The normalized spacial score (nSPS) is 35.1. The molecule has 0 radical (unpaired) electrons. The molecule has 2 heterocycles. The topological polar surface area (TPSA) is 21.3 Å². The first-order valence-corrected chi connectivity index (χ1v) is 5.26. The van der Waals surface area contributed by atoms with E-state index in [1.165, 1.54) is 11.1 Å². The van der Waals surface area contributed by atoms with Crippen LogP contribution in [0.15, 0.2) is 24.3 Å². The van der Waals surface area contributed by atoms with E-state index in [9.17, 15) is 0 Å². The Bertz CT molecular complexity index is 359. The Morgan fingerprint density at radius 1 is 1.43 bits per heavy atom. The number of ether oxygens (including phenoxy) is 1. The molecule has 1 aromatic rings. The van der Waals surface area contributed by atoms with E-state index >= 15 is 0 Å². The number of benzene rings is 1. The summed E-state index contributed by atoms with van der Waals surface area (Å²) in [5.41, 5.74) is 2.75. The van der Waals surface area contributed by atoms with Crippen molar-refractivity contribution in [3.05, 3.63) is 35.4 Å². The van der Waals surface area contributed by atoms with Crippen molar-refractivity contribution < 1.29 is 4.74 Å². The summed E-state index contributed by atoms with van der Waals surface area (Å²) in [5.74, 6) is 0. The molecule has 0 aliphatic carbocycles. The lowest BCUT2D eigenvalue weighted by Crippen LogP contribution is -2.27. The first-order valence-electron chi connectivity index (χ1n) is 5.26. The van der Waals surface area contributed by atoms with Gasteiger partial charge in [-0.05, 0) is 24.5 Å². The predicted octanol–water partition coefficient (Wildman–Crippen LogP) is 1.79. The molecule has 14 heavy (non-hydrogen) atoms. The fourth-order valence-electron chi connectivity index (χ4n) is 2.68. The number of rotatable bonds is 0. The molecule has 2 aliphatic rings. The van der Waals surface area contributed by atoms with Crippen LogP contribution in [0.25, 0.3) is 0 Å². The molecule has 0 aromatic heterocycles. The summed E-state index contributed by atoms with van der Waals surface area (Å²) >= 11 is 0. The maximum absolute atomic E-state index is 5.98. The fourth-order valence-corrected chi connectivity index (χ4v) is 2.68. The third-order valence-corrected chi connectivity index (χ3v) is 3.38. The smallest absolute Gasteiger partial charge is 0.108 e. The fraction of sp³-hybridized carbons (Fsp3) is 0.500. The minimum atomic E-state index is -0.0178. The first-order chi connectivity index (χ1) is 6.80. The van der Waals surface area contributed by atoms with E-state index in [1.54, 1.807) is 0 Å². The number of nitrogens with one attached hydrogen (secondary N) is 1. The second-order valence-electron chi connectivity index (χ2n) is 4.43. The molecule has 74 valence electrons. The average Bonchev–Trinajstić information content (AvgIpc) is 2.75. The lowest BCUT2D eigenvalue weighted by atomic mass is 9.90. The minimum absolute atomic E-state index is 0.0178. The van der Waals surface area contributed by atoms with Crippen molar-refractivity contribution in [1.29, 1.82) is 0 Å². The van der Waals surface area contributed by atoms with Gasteiger partial charge in [-0.25, -0.2) is 0 Å². The van der Waals surface area contributed by atoms with Gasteiger partial charge in [-0.1, -0.05) is 24.3 Å². The highest BCUT2D eigenvalue weighted by atomic mass is 16.5. The van der Waals surface area contributed by atoms with Crippen LogP contribution in [-0.2, 0) is 16.9 Å². The standard InChI is InChI=1S/C12H15NO/c1-9-6-12(8-13-9)11-5-3-2-4-10(11)7-14-12/h2-5,9,13H,6-8H2,1H3/t9-,12?/m0/s1. The molecule has 2 heteroatoms. The van der Waals surface area contributed by atoms with Crippen molar-refractivity contribution >= 4 is 0 Å². The molecule has 2 nitrogen and oxygen atoms in total. The van der Waals surface area contributed by atoms with Crippen LogP contribution >= 0.6 is 0 Å². The molecule has 1 aromatic carbocycles. The molecule has 0 saturated carbocycles. The SMILES string of the molecule is C[C@H]1CC2(CN1)OCc1ccccc12. The van der Waals surface area contributed by atoms with E-state index in [-0.39, 0.29) is 5.60 Å². The summed E-state index contributed by atoms with van der Waals surface area (Å²) in [5, 5.41) is 3.47. The molecular weight excluding hydrogens is 174 g/mol. The first kappa shape index (κ1) is 8.45. The molecule has 1 N–H and O–H groups in total. The van der Waals surface area contributed by atoms with Crippen LogP contribution in [0.4, 0.5) is 0 Å². The van der Waals surface area contributed by atoms with Gasteiger partial charge in [0, 0.05) is 12.6 Å². The van der Waals surface area contributed by atoms with Gasteiger partial charge >= 0.3 is 0 Å². The van der Waals surface area contributed by atoms with Crippen LogP contribution in [0, 0.1) is 0 Å². The Morgan fingerprint density at radius 2 is 2.29 bits per heavy atom. The second kappa shape index (κ2) is 2.81. The predicted molar refractivity (Wildman–Crippen MR) is 55.0 cm³/mol. The minimum Gasteiger partial charge on any atom is -0.364 e. The van der Waals surface area contributed by atoms with E-state index in [0.29, 0.717) is 6.04 Å². The van der Waals surface area contributed by atoms with Crippen LogP contribution < -0.4 is 5.32 Å². The average molecular weight is 189 g/mol. The van der Waals surface area contributed by atoms with Crippen LogP contribution in [0.3, 0.4) is 0 Å².